The number of likely N-dealkylation sites (tertiary alicyclic amines) is 1. The number of rotatable bonds is 3. The molecule has 0 aromatic carbocycles. The van der Waals surface area contributed by atoms with Gasteiger partial charge in [-0.1, -0.05) is 19.3 Å². The molecule has 86 valence electrons. The monoisotopic (exact) mass is 210 g/mol. The zero-order valence-corrected chi connectivity index (χ0v) is 9.45. The Kier molecular flexibility index (Phi) is 3.62. The zero-order valence-electron chi connectivity index (χ0n) is 9.45. The van der Waals surface area contributed by atoms with Gasteiger partial charge in [-0.2, -0.15) is 0 Å². The summed E-state index contributed by atoms with van der Waals surface area (Å²) in [6, 6.07) is 0. The molecule has 0 unspecified atom stereocenters. The first kappa shape index (κ1) is 10.9. The summed E-state index contributed by atoms with van der Waals surface area (Å²) >= 11 is 0. The van der Waals surface area contributed by atoms with Gasteiger partial charge in [0.25, 0.3) is 0 Å². The molecular formula is C12H22N2O. The number of amides is 1. The molecule has 1 heterocycles. The van der Waals surface area contributed by atoms with Crippen LogP contribution in [0.15, 0.2) is 0 Å². The van der Waals surface area contributed by atoms with Gasteiger partial charge in [0.15, 0.2) is 0 Å². The normalized spacial score (nSPS) is 32.3. The molecule has 1 saturated carbocycles. The SMILES string of the molecule is NC(=O)CCN1CC[C@H]2CCCC[C@H]2C1. The van der Waals surface area contributed by atoms with Crippen molar-refractivity contribution in [1.82, 2.24) is 4.90 Å². The van der Waals surface area contributed by atoms with Crippen molar-refractivity contribution in [1.29, 1.82) is 0 Å². The fourth-order valence-corrected chi connectivity index (χ4v) is 3.15. The highest BCUT2D eigenvalue weighted by Crippen LogP contribution is 2.35. The average molecular weight is 210 g/mol. The number of carbonyl (C=O) groups is 1. The summed E-state index contributed by atoms with van der Waals surface area (Å²) < 4.78 is 0. The molecule has 15 heavy (non-hydrogen) atoms. The third kappa shape index (κ3) is 2.94. The number of piperidine rings is 1. The Morgan fingerprint density at radius 1 is 1.20 bits per heavy atom. The molecule has 3 nitrogen and oxygen atoms in total. The number of hydrogen-bond donors (Lipinski definition) is 1. The van der Waals surface area contributed by atoms with E-state index in [-0.39, 0.29) is 5.91 Å². The van der Waals surface area contributed by atoms with Gasteiger partial charge in [0.1, 0.15) is 0 Å². The predicted molar refractivity (Wildman–Crippen MR) is 60.3 cm³/mol. The molecule has 0 aromatic rings. The van der Waals surface area contributed by atoms with E-state index in [1.54, 1.807) is 0 Å². The first-order valence-electron chi connectivity index (χ1n) is 6.26. The lowest BCUT2D eigenvalue weighted by Gasteiger charge is -2.41. The summed E-state index contributed by atoms with van der Waals surface area (Å²) in [6.45, 7) is 3.25. The first-order chi connectivity index (χ1) is 7.25. The van der Waals surface area contributed by atoms with E-state index in [4.69, 9.17) is 5.73 Å². The fraction of sp³-hybridized carbons (Fsp3) is 0.917. The number of nitrogens with zero attached hydrogens (tertiary/aromatic N) is 1. The van der Waals surface area contributed by atoms with Crippen molar-refractivity contribution in [2.24, 2.45) is 17.6 Å². The zero-order chi connectivity index (χ0) is 10.7. The van der Waals surface area contributed by atoms with Gasteiger partial charge in [-0.25, -0.2) is 0 Å². The van der Waals surface area contributed by atoms with Crippen LogP contribution < -0.4 is 5.73 Å². The van der Waals surface area contributed by atoms with E-state index in [1.807, 2.05) is 0 Å². The lowest BCUT2D eigenvalue weighted by molar-refractivity contribution is -0.118. The molecule has 2 aliphatic rings. The molecule has 0 spiro atoms. The molecule has 2 fully saturated rings. The smallest absolute Gasteiger partial charge is 0.218 e. The van der Waals surface area contributed by atoms with Crippen LogP contribution >= 0.6 is 0 Å². The van der Waals surface area contributed by atoms with E-state index in [2.05, 4.69) is 4.90 Å². The highest BCUT2D eigenvalue weighted by Gasteiger charge is 2.30. The van der Waals surface area contributed by atoms with Gasteiger partial charge in [0.05, 0.1) is 0 Å². The van der Waals surface area contributed by atoms with Gasteiger partial charge in [0.2, 0.25) is 5.91 Å². The highest BCUT2D eigenvalue weighted by atomic mass is 16.1. The fourth-order valence-electron chi connectivity index (χ4n) is 3.15. The molecule has 0 bridgehead atoms. The minimum Gasteiger partial charge on any atom is -0.370 e. The number of nitrogens with two attached hydrogens (primary N) is 1. The lowest BCUT2D eigenvalue weighted by Crippen LogP contribution is -2.42. The van der Waals surface area contributed by atoms with Gasteiger partial charge in [-0.15, -0.1) is 0 Å². The van der Waals surface area contributed by atoms with Gasteiger partial charge in [-0.3, -0.25) is 4.79 Å². The van der Waals surface area contributed by atoms with Gasteiger partial charge in [0, 0.05) is 19.5 Å². The Hall–Kier alpha value is -0.570. The Morgan fingerprint density at radius 2 is 1.93 bits per heavy atom. The maximum atomic E-state index is 10.7. The van der Waals surface area contributed by atoms with Crippen molar-refractivity contribution in [2.75, 3.05) is 19.6 Å². The third-order valence-corrected chi connectivity index (χ3v) is 4.05. The van der Waals surface area contributed by atoms with E-state index >= 15 is 0 Å². The van der Waals surface area contributed by atoms with Crippen molar-refractivity contribution >= 4 is 5.91 Å². The Bertz CT molecular complexity index is 230. The summed E-state index contributed by atoms with van der Waals surface area (Å²) in [6.07, 6.45) is 7.54. The lowest BCUT2D eigenvalue weighted by atomic mass is 9.75. The van der Waals surface area contributed by atoms with Crippen molar-refractivity contribution in [3.63, 3.8) is 0 Å². The van der Waals surface area contributed by atoms with Gasteiger partial charge >= 0.3 is 0 Å². The van der Waals surface area contributed by atoms with Crippen LogP contribution in [0.25, 0.3) is 0 Å². The van der Waals surface area contributed by atoms with Crippen LogP contribution in [0.5, 0.6) is 0 Å². The summed E-state index contributed by atoms with van der Waals surface area (Å²) in [4.78, 5) is 13.1. The van der Waals surface area contributed by atoms with Crippen LogP contribution in [0.2, 0.25) is 0 Å². The molecule has 2 N–H and O–H groups in total. The maximum Gasteiger partial charge on any atom is 0.218 e. The van der Waals surface area contributed by atoms with E-state index in [0.29, 0.717) is 6.42 Å². The molecule has 1 aliphatic carbocycles. The topological polar surface area (TPSA) is 46.3 Å². The van der Waals surface area contributed by atoms with Gasteiger partial charge in [-0.05, 0) is 31.2 Å². The Labute approximate surface area is 92.0 Å². The van der Waals surface area contributed by atoms with Crippen LogP contribution in [0.3, 0.4) is 0 Å². The largest absolute Gasteiger partial charge is 0.370 e. The van der Waals surface area contributed by atoms with Gasteiger partial charge < -0.3 is 10.6 Å². The molecule has 1 saturated heterocycles. The van der Waals surface area contributed by atoms with Crippen LogP contribution in [0.1, 0.15) is 38.5 Å². The second-order valence-electron chi connectivity index (χ2n) is 5.11. The molecule has 0 radical (unpaired) electrons. The Morgan fingerprint density at radius 3 is 2.67 bits per heavy atom. The molecule has 1 aliphatic heterocycles. The summed E-state index contributed by atoms with van der Waals surface area (Å²) in [5, 5.41) is 0. The van der Waals surface area contributed by atoms with Crippen molar-refractivity contribution in [3.05, 3.63) is 0 Å². The molecule has 3 heteroatoms. The van der Waals surface area contributed by atoms with Crippen molar-refractivity contribution in [2.45, 2.75) is 38.5 Å². The highest BCUT2D eigenvalue weighted by molar-refractivity contribution is 5.73. The van der Waals surface area contributed by atoms with Crippen LogP contribution in [-0.2, 0) is 4.79 Å². The number of hydrogen-bond acceptors (Lipinski definition) is 2. The first-order valence-corrected chi connectivity index (χ1v) is 6.26. The molecule has 0 aromatic heterocycles. The number of carbonyl (C=O) groups excluding carboxylic acids is 1. The minimum atomic E-state index is -0.166. The number of fused-ring (bicyclic) bond motifs is 1. The standard InChI is InChI=1S/C12H22N2O/c13-12(15)6-8-14-7-5-10-3-1-2-4-11(10)9-14/h10-11H,1-9H2,(H2,13,15)/t10-,11+/m1/s1. The molecule has 2 atom stereocenters. The van der Waals surface area contributed by atoms with Crippen molar-refractivity contribution in [3.8, 4) is 0 Å². The van der Waals surface area contributed by atoms with Crippen LogP contribution in [-0.4, -0.2) is 30.4 Å². The van der Waals surface area contributed by atoms with E-state index in [1.165, 1.54) is 45.2 Å². The molecular weight excluding hydrogens is 188 g/mol. The van der Waals surface area contributed by atoms with Crippen molar-refractivity contribution < 1.29 is 4.79 Å². The summed E-state index contributed by atoms with van der Waals surface area (Å²) in [7, 11) is 0. The predicted octanol–water partition coefficient (Wildman–Crippen LogP) is 1.37. The second-order valence-corrected chi connectivity index (χ2v) is 5.11. The Balaban J connectivity index is 1.78. The molecule has 2 rings (SSSR count). The van der Waals surface area contributed by atoms with Crippen LogP contribution in [0, 0.1) is 11.8 Å². The third-order valence-electron chi connectivity index (χ3n) is 4.05. The number of primary amides is 1. The molecule has 1 amide bonds. The minimum absolute atomic E-state index is 0.166. The van der Waals surface area contributed by atoms with Crippen LogP contribution in [0.4, 0.5) is 0 Å². The average Bonchev–Trinajstić information content (AvgIpc) is 2.26. The quantitative estimate of drug-likeness (QED) is 0.765. The summed E-state index contributed by atoms with van der Waals surface area (Å²) in [5.41, 5.74) is 5.18. The second kappa shape index (κ2) is 4.97. The van der Waals surface area contributed by atoms with E-state index < -0.39 is 0 Å². The summed E-state index contributed by atoms with van der Waals surface area (Å²) in [5.74, 6) is 1.71. The maximum absolute atomic E-state index is 10.7. The van der Waals surface area contributed by atoms with E-state index in [0.717, 1.165) is 18.4 Å². The van der Waals surface area contributed by atoms with E-state index in [9.17, 15) is 4.79 Å².